The van der Waals surface area contributed by atoms with Gasteiger partial charge in [0.1, 0.15) is 5.82 Å². The van der Waals surface area contributed by atoms with Crippen LogP contribution in [0.1, 0.15) is 29.6 Å². The van der Waals surface area contributed by atoms with E-state index in [4.69, 9.17) is 4.74 Å². The first kappa shape index (κ1) is 21.1. The summed E-state index contributed by atoms with van der Waals surface area (Å²) in [5.74, 6) is -0.169. The minimum absolute atomic E-state index is 0.267. The average molecular weight is 498 g/mol. The van der Waals surface area contributed by atoms with Crippen molar-refractivity contribution in [2.24, 2.45) is 0 Å². The van der Waals surface area contributed by atoms with Crippen LogP contribution in [0.25, 0.3) is 22.0 Å². The molecule has 4 aromatic rings. The molecule has 2 aromatic heterocycles. The SMILES string of the molecule is O=c1cc(-c2ccc3[nH]nc(C4CCOC4)c3c2)ccn1C(CO)c1cc(F)cc(Br)c1. The van der Waals surface area contributed by atoms with E-state index >= 15 is 0 Å². The van der Waals surface area contributed by atoms with Crippen LogP contribution >= 0.6 is 15.9 Å². The van der Waals surface area contributed by atoms with Gasteiger partial charge in [0.2, 0.25) is 0 Å². The molecule has 1 aliphatic heterocycles. The van der Waals surface area contributed by atoms with Gasteiger partial charge in [0.25, 0.3) is 5.56 Å². The van der Waals surface area contributed by atoms with Crippen LogP contribution in [-0.2, 0) is 4.74 Å². The van der Waals surface area contributed by atoms with Gasteiger partial charge in [0, 0.05) is 34.6 Å². The Morgan fingerprint density at radius 2 is 2.06 bits per heavy atom. The molecule has 5 rings (SSSR count). The molecule has 1 aliphatic rings. The van der Waals surface area contributed by atoms with Gasteiger partial charge in [-0.2, -0.15) is 5.10 Å². The molecule has 0 amide bonds. The number of aromatic amines is 1. The summed E-state index contributed by atoms with van der Waals surface area (Å²) in [5, 5.41) is 18.5. The molecule has 6 nitrogen and oxygen atoms in total. The van der Waals surface area contributed by atoms with E-state index in [-0.39, 0.29) is 18.1 Å². The Balaban J connectivity index is 1.52. The van der Waals surface area contributed by atoms with Crippen molar-refractivity contribution in [2.75, 3.05) is 19.8 Å². The van der Waals surface area contributed by atoms with Crippen LogP contribution in [0.2, 0.25) is 0 Å². The quantitative estimate of drug-likeness (QED) is 0.428. The van der Waals surface area contributed by atoms with Gasteiger partial charge in [-0.05, 0) is 59.5 Å². The van der Waals surface area contributed by atoms with Crippen LogP contribution in [0.5, 0.6) is 0 Å². The maximum Gasteiger partial charge on any atom is 0.251 e. The Morgan fingerprint density at radius 3 is 2.78 bits per heavy atom. The van der Waals surface area contributed by atoms with Gasteiger partial charge in [-0.15, -0.1) is 0 Å². The number of aliphatic hydroxyl groups excluding tert-OH is 1. The Bertz CT molecular complexity index is 1320. The van der Waals surface area contributed by atoms with Crippen molar-refractivity contribution in [3.63, 3.8) is 0 Å². The lowest BCUT2D eigenvalue weighted by atomic mass is 9.98. The topological polar surface area (TPSA) is 80.1 Å². The number of halogens is 2. The summed E-state index contributed by atoms with van der Waals surface area (Å²) in [6, 6.07) is 13.0. The zero-order valence-electron chi connectivity index (χ0n) is 17.1. The third-order valence-electron chi connectivity index (χ3n) is 5.97. The van der Waals surface area contributed by atoms with Crippen molar-refractivity contribution in [1.29, 1.82) is 0 Å². The number of nitrogens with one attached hydrogen (secondary N) is 1. The summed E-state index contributed by atoms with van der Waals surface area (Å²) < 4.78 is 21.3. The molecule has 8 heteroatoms. The average Bonchev–Trinajstić information content (AvgIpc) is 3.43. The Morgan fingerprint density at radius 1 is 1.22 bits per heavy atom. The number of rotatable bonds is 5. The lowest BCUT2D eigenvalue weighted by Gasteiger charge is -2.19. The molecular formula is C24H21BrFN3O3. The van der Waals surface area contributed by atoms with E-state index in [9.17, 15) is 14.3 Å². The molecule has 0 radical (unpaired) electrons. The maximum absolute atomic E-state index is 13.9. The standard InChI is InChI=1S/C24H21BrFN3O3/c25-18-7-17(8-19(26)11-18)22(12-30)29-5-3-15(10-23(29)31)14-1-2-21-20(9-14)24(28-27-21)16-4-6-32-13-16/h1-3,5,7-11,16,22,30H,4,6,12-13H2,(H,27,28). The van der Waals surface area contributed by atoms with Gasteiger partial charge in [0.05, 0.1) is 30.5 Å². The second-order valence-electron chi connectivity index (χ2n) is 7.99. The third-order valence-corrected chi connectivity index (χ3v) is 6.43. The maximum atomic E-state index is 13.9. The Labute approximate surface area is 191 Å². The normalized spacial score (nSPS) is 17.2. The summed E-state index contributed by atoms with van der Waals surface area (Å²) in [7, 11) is 0. The molecule has 2 atom stereocenters. The minimum Gasteiger partial charge on any atom is -0.394 e. The molecule has 2 unspecified atom stereocenters. The van der Waals surface area contributed by atoms with Crippen molar-refractivity contribution in [3.05, 3.63) is 86.6 Å². The van der Waals surface area contributed by atoms with Gasteiger partial charge in [0.15, 0.2) is 0 Å². The van der Waals surface area contributed by atoms with E-state index in [0.717, 1.165) is 40.8 Å². The molecule has 0 spiro atoms. The van der Waals surface area contributed by atoms with E-state index in [1.807, 2.05) is 24.3 Å². The predicted octanol–water partition coefficient (Wildman–Crippen LogP) is 4.38. The first-order valence-electron chi connectivity index (χ1n) is 10.4. The number of hydrogen-bond acceptors (Lipinski definition) is 4. The van der Waals surface area contributed by atoms with Gasteiger partial charge >= 0.3 is 0 Å². The molecule has 3 heterocycles. The molecule has 2 aromatic carbocycles. The number of aromatic nitrogens is 3. The van der Waals surface area contributed by atoms with Gasteiger partial charge in [-0.3, -0.25) is 9.89 Å². The van der Waals surface area contributed by atoms with E-state index in [2.05, 4.69) is 26.1 Å². The van der Waals surface area contributed by atoms with Crippen LogP contribution in [0.15, 0.2) is 64.0 Å². The van der Waals surface area contributed by atoms with Crippen LogP contribution in [0, 0.1) is 5.82 Å². The number of H-pyrrole nitrogens is 1. The van der Waals surface area contributed by atoms with E-state index in [1.165, 1.54) is 22.8 Å². The third kappa shape index (κ3) is 3.90. The highest BCUT2D eigenvalue weighted by Crippen LogP contribution is 2.32. The molecule has 164 valence electrons. The summed E-state index contributed by atoms with van der Waals surface area (Å²) >= 11 is 3.27. The van der Waals surface area contributed by atoms with Gasteiger partial charge in [-0.1, -0.05) is 22.0 Å². The summed E-state index contributed by atoms with van der Waals surface area (Å²) in [4.78, 5) is 13.0. The highest BCUT2D eigenvalue weighted by atomic mass is 79.9. The lowest BCUT2D eigenvalue weighted by Crippen LogP contribution is -2.27. The smallest absolute Gasteiger partial charge is 0.251 e. The number of ether oxygens (including phenoxy) is 1. The number of hydrogen-bond donors (Lipinski definition) is 2. The monoisotopic (exact) mass is 497 g/mol. The summed E-state index contributed by atoms with van der Waals surface area (Å²) in [5.41, 5.74) is 3.83. The van der Waals surface area contributed by atoms with Crippen molar-refractivity contribution in [1.82, 2.24) is 14.8 Å². The van der Waals surface area contributed by atoms with Crippen molar-refractivity contribution in [3.8, 4) is 11.1 Å². The molecule has 1 saturated heterocycles. The molecule has 2 N–H and O–H groups in total. The molecule has 0 aliphatic carbocycles. The first-order valence-corrected chi connectivity index (χ1v) is 11.2. The van der Waals surface area contributed by atoms with E-state index in [1.54, 1.807) is 12.3 Å². The number of aliphatic hydroxyl groups is 1. The van der Waals surface area contributed by atoms with Gasteiger partial charge < -0.3 is 14.4 Å². The first-order chi connectivity index (χ1) is 15.5. The van der Waals surface area contributed by atoms with Crippen molar-refractivity contribution in [2.45, 2.75) is 18.4 Å². The van der Waals surface area contributed by atoms with Gasteiger partial charge in [-0.25, -0.2) is 4.39 Å². The zero-order chi connectivity index (χ0) is 22.2. The number of nitrogens with zero attached hydrogens (tertiary/aromatic N) is 2. The van der Waals surface area contributed by atoms with Crippen LogP contribution in [0.3, 0.4) is 0 Å². The lowest BCUT2D eigenvalue weighted by molar-refractivity contribution is 0.193. The molecule has 1 fully saturated rings. The second kappa shape index (κ2) is 8.61. The van der Waals surface area contributed by atoms with Crippen molar-refractivity contribution < 1.29 is 14.2 Å². The summed E-state index contributed by atoms with van der Waals surface area (Å²) in [6.07, 6.45) is 2.58. The van der Waals surface area contributed by atoms with E-state index < -0.39 is 11.9 Å². The van der Waals surface area contributed by atoms with Crippen molar-refractivity contribution >= 4 is 26.8 Å². The zero-order valence-corrected chi connectivity index (χ0v) is 18.7. The highest BCUT2D eigenvalue weighted by molar-refractivity contribution is 9.10. The van der Waals surface area contributed by atoms with Crippen LogP contribution in [-0.4, -0.2) is 39.7 Å². The number of fused-ring (bicyclic) bond motifs is 1. The van der Waals surface area contributed by atoms with Crippen LogP contribution in [0.4, 0.5) is 4.39 Å². The molecular weight excluding hydrogens is 477 g/mol. The highest BCUT2D eigenvalue weighted by Gasteiger charge is 2.23. The largest absolute Gasteiger partial charge is 0.394 e. The molecule has 0 bridgehead atoms. The Kier molecular flexibility index (Phi) is 5.67. The number of pyridine rings is 1. The fraction of sp³-hybridized carbons (Fsp3) is 0.250. The summed E-state index contributed by atoms with van der Waals surface area (Å²) in [6.45, 7) is 1.08. The number of benzene rings is 2. The fourth-order valence-corrected chi connectivity index (χ4v) is 4.81. The minimum atomic E-state index is -0.686. The van der Waals surface area contributed by atoms with Crippen LogP contribution < -0.4 is 5.56 Å². The molecule has 0 saturated carbocycles. The predicted molar refractivity (Wildman–Crippen MR) is 123 cm³/mol. The molecule has 32 heavy (non-hydrogen) atoms. The van der Waals surface area contributed by atoms with E-state index in [0.29, 0.717) is 16.6 Å². The fourth-order valence-electron chi connectivity index (χ4n) is 4.32. The second-order valence-corrected chi connectivity index (χ2v) is 8.91. The Hall–Kier alpha value is -2.81.